The molecule has 3 aromatic carbocycles. The SMILES string of the molecule is Cc1ccc(S(=O)(=O)NC(Cc2c[nH]c3ccccc23)C(=O)NCCc2c[nH]c3ccccc23)cc1. The zero-order valence-electron chi connectivity index (χ0n) is 19.9. The third-order valence-corrected chi connectivity index (χ3v) is 7.90. The number of rotatable bonds is 9. The van der Waals surface area contributed by atoms with Gasteiger partial charge in [-0.25, -0.2) is 8.42 Å². The molecular formula is C28H28N4O3S. The summed E-state index contributed by atoms with van der Waals surface area (Å²) < 4.78 is 29.0. The van der Waals surface area contributed by atoms with Gasteiger partial charge in [0, 0.05) is 40.7 Å². The molecule has 1 unspecified atom stereocenters. The van der Waals surface area contributed by atoms with Crippen LogP contribution >= 0.6 is 0 Å². The molecule has 0 bridgehead atoms. The summed E-state index contributed by atoms with van der Waals surface area (Å²) in [6.45, 7) is 2.28. The maximum Gasteiger partial charge on any atom is 0.241 e. The Morgan fingerprint density at radius 3 is 2.08 bits per heavy atom. The van der Waals surface area contributed by atoms with Gasteiger partial charge >= 0.3 is 0 Å². The predicted octanol–water partition coefficient (Wildman–Crippen LogP) is 4.21. The van der Waals surface area contributed by atoms with Crippen molar-refractivity contribution in [3.05, 3.63) is 102 Å². The third kappa shape index (κ3) is 5.05. The molecule has 2 aromatic heterocycles. The second-order valence-corrected chi connectivity index (χ2v) is 10.7. The molecule has 0 saturated carbocycles. The summed E-state index contributed by atoms with van der Waals surface area (Å²) in [6.07, 6.45) is 4.62. The molecule has 5 rings (SSSR count). The first-order valence-corrected chi connectivity index (χ1v) is 13.4. The second-order valence-electron chi connectivity index (χ2n) is 8.95. The van der Waals surface area contributed by atoms with E-state index in [1.807, 2.05) is 67.8 Å². The molecule has 0 saturated heterocycles. The Labute approximate surface area is 210 Å². The molecule has 0 aliphatic heterocycles. The Bertz CT molecular complexity index is 1620. The summed E-state index contributed by atoms with van der Waals surface area (Å²) in [5.41, 5.74) is 4.90. The van der Waals surface area contributed by atoms with E-state index in [1.54, 1.807) is 24.3 Å². The number of H-pyrrole nitrogens is 2. The number of aryl methyl sites for hydroxylation is 1. The van der Waals surface area contributed by atoms with Crippen LogP contribution in [0.1, 0.15) is 16.7 Å². The number of benzene rings is 3. The average Bonchev–Trinajstić information content (AvgIpc) is 3.48. The first kappa shape index (κ1) is 23.8. The van der Waals surface area contributed by atoms with Crippen molar-refractivity contribution in [2.75, 3.05) is 6.54 Å². The molecule has 5 aromatic rings. The lowest BCUT2D eigenvalue weighted by Gasteiger charge is -2.19. The molecule has 0 aliphatic rings. The Morgan fingerprint density at radius 2 is 1.42 bits per heavy atom. The molecule has 8 heteroatoms. The van der Waals surface area contributed by atoms with Gasteiger partial charge in [0.1, 0.15) is 6.04 Å². The first-order valence-electron chi connectivity index (χ1n) is 11.9. The van der Waals surface area contributed by atoms with E-state index in [0.29, 0.717) is 13.0 Å². The van der Waals surface area contributed by atoms with Crippen LogP contribution in [0, 0.1) is 6.92 Å². The minimum Gasteiger partial charge on any atom is -0.361 e. The number of carbonyl (C=O) groups excluding carboxylic acids is 1. The fourth-order valence-corrected chi connectivity index (χ4v) is 5.66. The van der Waals surface area contributed by atoms with Crippen molar-refractivity contribution >= 4 is 37.7 Å². The van der Waals surface area contributed by atoms with Crippen LogP contribution < -0.4 is 10.0 Å². The molecule has 0 radical (unpaired) electrons. The summed E-state index contributed by atoms with van der Waals surface area (Å²) in [4.78, 5) is 19.9. The predicted molar refractivity (Wildman–Crippen MR) is 142 cm³/mol. The van der Waals surface area contributed by atoms with Gasteiger partial charge in [0.05, 0.1) is 4.90 Å². The fraction of sp³-hybridized carbons (Fsp3) is 0.179. The highest BCUT2D eigenvalue weighted by Crippen LogP contribution is 2.21. The summed E-state index contributed by atoms with van der Waals surface area (Å²) in [5.74, 6) is -0.365. The van der Waals surface area contributed by atoms with E-state index in [0.717, 1.165) is 38.5 Å². The second kappa shape index (κ2) is 10.0. The summed E-state index contributed by atoms with van der Waals surface area (Å²) in [5, 5.41) is 5.01. The summed E-state index contributed by atoms with van der Waals surface area (Å²) in [7, 11) is -3.90. The number of nitrogens with one attached hydrogen (secondary N) is 4. The van der Waals surface area contributed by atoms with E-state index in [2.05, 4.69) is 20.0 Å². The van der Waals surface area contributed by atoms with Crippen molar-refractivity contribution in [1.82, 2.24) is 20.0 Å². The molecule has 184 valence electrons. The first-order chi connectivity index (χ1) is 17.4. The van der Waals surface area contributed by atoms with Crippen LogP contribution in [-0.4, -0.2) is 36.9 Å². The molecule has 2 heterocycles. The monoisotopic (exact) mass is 500 g/mol. The van der Waals surface area contributed by atoms with Crippen LogP contribution in [-0.2, 0) is 27.7 Å². The van der Waals surface area contributed by atoms with Crippen LogP contribution in [0.3, 0.4) is 0 Å². The van der Waals surface area contributed by atoms with E-state index >= 15 is 0 Å². The van der Waals surface area contributed by atoms with Crippen molar-refractivity contribution in [2.45, 2.75) is 30.7 Å². The quantitative estimate of drug-likeness (QED) is 0.244. The normalized spacial score (nSPS) is 12.7. The van der Waals surface area contributed by atoms with E-state index in [4.69, 9.17) is 0 Å². The van der Waals surface area contributed by atoms with Crippen molar-refractivity contribution in [3.63, 3.8) is 0 Å². The topological polar surface area (TPSA) is 107 Å². The highest BCUT2D eigenvalue weighted by atomic mass is 32.2. The van der Waals surface area contributed by atoms with E-state index < -0.39 is 16.1 Å². The standard InChI is InChI=1S/C28H28N4O3S/c1-19-10-12-22(13-11-19)36(34,35)32-27(16-21-18-31-26-9-5-3-7-24(21)26)28(33)29-15-14-20-17-30-25-8-4-2-6-23(20)25/h2-13,17-18,27,30-32H,14-16H2,1H3,(H,29,33). The van der Waals surface area contributed by atoms with E-state index in [-0.39, 0.29) is 17.2 Å². The van der Waals surface area contributed by atoms with Gasteiger partial charge in [0.15, 0.2) is 0 Å². The smallest absolute Gasteiger partial charge is 0.241 e. The number of fused-ring (bicyclic) bond motifs is 2. The number of hydrogen-bond acceptors (Lipinski definition) is 3. The van der Waals surface area contributed by atoms with Crippen LogP contribution in [0.15, 0.2) is 90.1 Å². The van der Waals surface area contributed by atoms with Gasteiger partial charge in [0.2, 0.25) is 15.9 Å². The number of carbonyl (C=O) groups is 1. The number of aromatic amines is 2. The molecule has 0 fully saturated rings. The fourth-order valence-electron chi connectivity index (χ4n) is 4.46. The minimum atomic E-state index is -3.90. The number of para-hydroxylation sites is 2. The maximum atomic E-state index is 13.3. The van der Waals surface area contributed by atoms with Crippen molar-refractivity contribution in [2.24, 2.45) is 0 Å². The van der Waals surface area contributed by atoms with Gasteiger partial charge in [-0.3, -0.25) is 4.79 Å². The maximum absolute atomic E-state index is 13.3. The Balaban J connectivity index is 1.35. The largest absolute Gasteiger partial charge is 0.361 e. The molecule has 0 aliphatic carbocycles. The molecule has 7 nitrogen and oxygen atoms in total. The van der Waals surface area contributed by atoms with Gasteiger partial charge in [0.25, 0.3) is 0 Å². The van der Waals surface area contributed by atoms with Gasteiger partial charge < -0.3 is 15.3 Å². The molecule has 1 amide bonds. The van der Waals surface area contributed by atoms with Crippen molar-refractivity contribution in [1.29, 1.82) is 0 Å². The minimum absolute atomic E-state index is 0.128. The molecule has 36 heavy (non-hydrogen) atoms. The third-order valence-electron chi connectivity index (χ3n) is 6.41. The highest BCUT2D eigenvalue weighted by molar-refractivity contribution is 7.89. The van der Waals surface area contributed by atoms with E-state index in [9.17, 15) is 13.2 Å². The lowest BCUT2D eigenvalue weighted by atomic mass is 10.0. The van der Waals surface area contributed by atoms with E-state index in [1.165, 1.54) is 0 Å². The Morgan fingerprint density at radius 1 is 0.833 bits per heavy atom. The van der Waals surface area contributed by atoms with Crippen molar-refractivity contribution < 1.29 is 13.2 Å². The zero-order valence-corrected chi connectivity index (χ0v) is 20.7. The lowest BCUT2D eigenvalue weighted by Crippen LogP contribution is -2.48. The number of hydrogen-bond donors (Lipinski definition) is 4. The van der Waals surface area contributed by atoms with Crippen LogP contribution in [0.4, 0.5) is 0 Å². The van der Waals surface area contributed by atoms with Gasteiger partial charge in [-0.2, -0.15) is 4.72 Å². The molecule has 1 atom stereocenters. The van der Waals surface area contributed by atoms with Crippen LogP contribution in [0.5, 0.6) is 0 Å². The Kier molecular flexibility index (Phi) is 6.63. The molecular weight excluding hydrogens is 472 g/mol. The number of amides is 1. The van der Waals surface area contributed by atoms with Gasteiger partial charge in [-0.05, 0) is 55.2 Å². The highest BCUT2D eigenvalue weighted by Gasteiger charge is 2.27. The average molecular weight is 501 g/mol. The molecule has 4 N–H and O–H groups in total. The Hall–Kier alpha value is -3.88. The number of sulfonamides is 1. The zero-order chi connectivity index (χ0) is 25.1. The lowest BCUT2D eigenvalue weighted by molar-refractivity contribution is -0.122. The van der Waals surface area contributed by atoms with Crippen molar-refractivity contribution in [3.8, 4) is 0 Å². The summed E-state index contributed by atoms with van der Waals surface area (Å²) in [6, 6.07) is 21.4. The molecule has 0 spiro atoms. The van der Waals surface area contributed by atoms with Gasteiger partial charge in [-0.15, -0.1) is 0 Å². The van der Waals surface area contributed by atoms with Crippen LogP contribution in [0.25, 0.3) is 21.8 Å². The van der Waals surface area contributed by atoms with Crippen LogP contribution in [0.2, 0.25) is 0 Å². The summed E-state index contributed by atoms with van der Waals surface area (Å²) >= 11 is 0. The van der Waals surface area contributed by atoms with Gasteiger partial charge in [-0.1, -0.05) is 54.1 Å². The number of aromatic nitrogens is 2.